The molecule has 2 aliphatic rings. The number of hydrogen-bond acceptors (Lipinski definition) is 3. The van der Waals surface area contributed by atoms with Crippen molar-refractivity contribution in [2.45, 2.75) is 24.7 Å². The van der Waals surface area contributed by atoms with Crippen molar-refractivity contribution in [1.82, 2.24) is 10.2 Å². The van der Waals surface area contributed by atoms with Gasteiger partial charge in [-0.3, -0.25) is 0 Å². The lowest BCUT2D eigenvalue weighted by Crippen LogP contribution is -2.00. The molecule has 0 aliphatic heterocycles. The first kappa shape index (κ1) is 10.2. The van der Waals surface area contributed by atoms with E-state index in [-0.39, 0.29) is 0 Å². The number of aryl methyl sites for hydroxylation is 1. The van der Waals surface area contributed by atoms with Gasteiger partial charge in [0.15, 0.2) is 3.92 Å². The molecule has 0 spiro atoms. The third kappa shape index (κ3) is 1.50. The van der Waals surface area contributed by atoms with Crippen molar-refractivity contribution in [3.05, 3.63) is 44.3 Å². The number of aromatic nitrogens is 2. The van der Waals surface area contributed by atoms with Crippen LogP contribution in [0.5, 0.6) is 0 Å². The molecule has 4 heteroatoms. The average molecular weight is 307 g/mol. The van der Waals surface area contributed by atoms with E-state index in [9.17, 15) is 0 Å². The van der Waals surface area contributed by atoms with Gasteiger partial charge in [-0.15, -0.1) is 10.2 Å². The van der Waals surface area contributed by atoms with Gasteiger partial charge >= 0.3 is 0 Å². The molecular formula is C13H11BrN2S. The molecule has 3 unspecified atom stereocenters. The molecule has 0 saturated heterocycles. The summed E-state index contributed by atoms with van der Waals surface area (Å²) in [7, 11) is 0. The van der Waals surface area contributed by atoms with Crippen molar-refractivity contribution in [1.29, 1.82) is 0 Å². The normalized spacial score (nSPS) is 29.6. The number of rotatable bonds is 1. The van der Waals surface area contributed by atoms with Crippen molar-refractivity contribution < 1.29 is 0 Å². The quantitative estimate of drug-likeness (QED) is 0.802. The van der Waals surface area contributed by atoms with Crippen molar-refractivity contribution in [3.63, 3.8) is 0 Å². The smallest absolute Gasteiger partial charge is 0.142 e. The van der Waals surface area contributed by atoms with Crippen LogP contribution in [0, 0.1) is 5.92 Å². The Bertz CT molecular complexity index is 580. The Morgan fingerprint density at radius 3 is 2.88 bits per heavy atom. The predicted octanol–water partition coefficient (Wildman–Crippen LogP) is 3.74. The highest BCUT2D eigenvalue weighted by atomic mass is 79.9. The largest absolute Gasteiger partial charge is 0.183 e. The average Bonchev–Trinajstić information content (AvgIpc) is 2.96. The molecule has 2 aliphatic carbocycles. The summed E-state index contributed by atoms with van der Waals surface area (Å²) in [4.78, 5) is 0. The molecule has 1 aromatic heterocycles. The molecule has 1 heterocycles. The molecule has 86 valence electrons. The monoisotopic (exact) mass is 306 g/mol. The van der Waals surface area contributed by atoms with Crippen LogP contribution < -0.4 is 0 Å². The van der Waals surface area contributed by atoms with E-state index < -0.39 is 0 Å². The SMILES string of the molecule is Brc1nnc(C2C3CCc4ccccc4C32)s1. The summed E-state index contributed by atoms with van der Waals surface area (Å²) in [5.41, 5.74) is 3.10. The summed E-state index contributed by atoms with van der Waals surface area (Å²) >= 11 is 5.10. The lowest BCUT2D eigenvalue weighted by molar-refractivity contribution is 0.658. The van der Waals surface area contributed by atoms with E-state index in [1.807, 2.05) is 0 Å². The van der Waals surface area contributed by atoms with Crippen LogP contribution >= 0.6 is 27.3 Å². The van der Waals surface area contributed by atoms with E-state index in [4.69, 9.17) is 0 Å². The second kappa shape index (κ2) is 3.62. The fourth-order valence-corrected chi connectivity index (χ4v) is 4.62. The lowest BCUT2D eigenvalue weighted by atomic mass is 9.92. The topological polar surface area (TPSA) is 25.8 Å². The van der Waals surface area contributed by atoms with E-state index in [0.29, 0.717) is 11.8 Å². The van der Waals surface area contributed by atoms with Crippen molar-refractivity contribution in [2.75, 3.05) is 0 Å². The molecule has 3 atom stereocenters. The predicted molar refractivity (Wildman–Crippen MR) is 71.3 cm³/mol. The molecule has 1 aromatic carbocycles. The maximum Gasteiger partial charge on any atom is 0.183 e. The number of nitrogens with zero attached hydrogens (tertiary/aromatic N) is 2. The molecular weight excluding hydrogens is 296 g/mol. The van der Waals surface area contributed by atoms with Crippen molar-refractivity contribution >= 4 is 27.3 Å². The van der Waals surface area contributed by atoms with Gasteiger partial charge in [0.2, 0.25) is 0 Å². The van der Waals surface area contributed by atoms with E-state index in [1.54, 1.807) is 22.5 Å². The fraction of sp³-hybridized carbons (Fsp3) is 0.385. The second-order valence-corrected chi connectivity index (χ2v) is 7.13. The van der Waals surface area contributed by atoms with Gasteiger partial charge in [-0.05, 0) is 51.7 Å². The summed E-state index contributed by atoms with van der Waals surface area (Å²) in [5.74, 6) is 2.15. The number of hydrogen-bond donors (Lipinski definition) is 0. The molecule has 4 rings (SSSR count). The minimum atomic E-state index is 0.627. The molecule has 2 nitrogen and oxygen atoms in total. The maximum absolute atomic E-state index is 4.30. The zero-order valence-corrected chi connectivity index (χ0v) is 11.5. The van der Waals surface area contributed by atoms with E-state index >= 15 is 0 Å². The standard InChI is InChI=1S/C13H11BrN2S/c14-13-16-15-12(17-13)11-9-6-5-7-3-1-2-4-8(7)10(9)11/h1-4,9-11H,5-6H2. The summed E-state index contributed by atoms with van der Waals surface area (Å²) in [5, 5.41) is 9.59. The second-order valence-electron chi connectivity index (χ2n) is 4.85. The zero-order chi connectivity index (χ0) is 11.4. The Labute approximate surface area is 112 Å². The van der Waals surface area contributed by atoms with Gasteiger partial charge in [-0.2, -0.15) is 0 Å². The summed E-state index contributed by atoms with van der Waals surface area (Å²) in [6.07, 6.45) is 2.54. The van der Waals surface area contributed by atoms with Gasteiger partial charge in [-0.25, -0.2) is 0 Å². The van der Waals surface area contributed by atoms with Gasteiger partial charge in [0, 0.05) is 5.92 Å². The molecule has 1 fully saturated rings. The zero-order valence-electron chi connectivity index (χ0n) is 9.14. The molecule has 1 saturated carbocycles. The first-order chi connectivity index (χ1) is 8.34. The summed E-state index contributed by atoms with van der Waals surface area (Å²) in [6, 6.07) is 8.88. The summed E-state index contributed by atoms with van der Waals surface area (Å²) < 4.78 is 0.907. The highest BCUT2D eigenvalue weighted by Gasteiger charge is 2.55. The Balaban J connectivity index is 1.73. The summed E-state index contributed by atoms with van der Waals surface area (Å²) in [6.45, 7) is 0. The third-order valence-corrected chi connectivity index (χ3v) is 5.49. The third-order valence-electron chi connectivity index (χ3n) is 4.03. The van der Waals surface area contributed by atoms with Crippen LogP contribution in [0.4, 0.5) is 0 Å². The van der Waals surface area contributed by atoms with Crippen LogP contribution in [0.25, 0.3) is 0 Å². The van der Waals surface area contributed by atoms with E-state index in [1.165, 1.54) is 17.8 Å². The van der Waals surface area contributed by atoms with Gasteiger partial charge in [0.1, 0.15) is 5.01 Å². The van der Waals surface area contributed by atoms with Crippen molar-refractivity contribution in [2.24, 2.45) is 5.92 Å². The first-order valence-corrected chi connectivity index (χ1v) is 7.52. The Kier molecular flexibility index (Phi) is 2.18. The van der Waals surface area contributed by atoms with Gasteiger partial charge in [0.05, 0.1) is 0 Å². The highest BCUT2D eigenvalue weighted by molar-refractivity contribution is 9.11. The molecule has 0 radical (unpaired) electrons. The van der Waals surface area contributed by atoms with Crippen molar-refractivity contribution in [3.8, 4) is 0 Å². The lowest BCUT2D eigenvalue weighted by Gasteiger charge is -2.13. The Morgan fingerprint density at radius 2 is 2.06 bits per heavy atom. The van der Waals surface area contributed by atoms with Crippen LogP contribution in [0.15, 0.2) is 28.2 Å². The molecule has 0 N–H and O–H groups in total. The van der Waals surface area contributed by atoms with Gasteiger partial charge in [0.25, 0.3) is 0 Å². The molecule has 0 amide bonds. The van der Waals surface area contributed by atoms with Crippen LogP contribution in [0.1, 0.15) is 34.4 Å². The molecule has 2 aromatic rings. The minimum absolute atomic E-state index is 0.627. The Morgan fingerprint density at radius 1 is 1.18 bits per heavy atom. The maximum atomic E-state index is 4.30. The number of benzene rings is 1. The first-order valence-electron chi connectivity index (χ1n) is 5.91. The fourth-order valence-electron chi connectivity index (χ4n) is 3.25. The minimum Gasteiger partial charge on any atom is -0.142 e. The van der Waals surface area contributed by atoms with Gasteiger partial charge < -0.3 is 0 Å². The van der Waals surface area contributed by atoms with Crippen LogP contribution in [0.3, 0.4) is 0 Å². The molecule has 0 bridgehead atoms. The van der Waals surface area contributed by atoms with Gasteiger partial charge in [-0.1, -0.05) is 35.6 Å². The van der Waals surface area contributed by atoms with Crippen LogP contribution in [-0.4, -0.2) is 10.2 Å². The Hall–Kier alpha value is -0.740. The van der Waals surface area contributed by atoms with Crippen LogP contribution in [-0.2, 0) is 6.42 Å². The number of fused-ring (bicyclic) bond motifs is 3. The van der Waals surface area contributed by atoms with E-state index in [0.717, 1.165) is 9.83 Å². The number of halogens is 1. The van der Waals surface area contributed by atoms with E-state index in [2.05, 4.69) is 50.4 Å². The van der Waals surface area contributed by atoms with Crippen LogP contribution in [0.2, 0.25) is 0 Å². The molecule has 17 heavy (non-hydrogen) atoms. The highest BCUT2D eigenvalue weighted by Crippen LogP contribution is 2.65.